The van der Waals surface area contributed by atoms with Gasteiger partial charge in [-0.25, -0.2) is 0 Å². The average Bonchev–Trinajstić information content (AvgIpc) is 3.17. The molecule has 0 saturated heterocycles. The number of nitrogens with zero attached hydrogens (tertiary/aromatic N) is 3. The number of carbonyl (C=O) groups excluding carboxylic acids is 1. The van der Waals surface area contributed by atoms with Gasteiger partial charge in [0.1, 0.15) is 5.75 Å². The summed E-state index contributed by atoms with van der Waals surface area (Å²) in [4.78, 5) is 17.6. The summed E-state index contributed by atoms with van der Waals surface area (Å²) in [6.07, 6.45) is 1.35. The molecule has 2 heterocycles. The molecule has 0 saturated carbocycles. The second-order valence-corrected chi connectivity index (χ2v) is 5.29. The van der Waals surface area contributed by atoms with Crippen LogP contribution in [-0.4, -0.2) is 34.6 Å². The highest BCUT2D eigenvalue weighted by Crippen LogP contribution is 2.25. The Bertz CT molecular complexity index is 766. The van der Waals surface area contributed by atoms with Crippen LogP contribution in [0, 0.1) is 6.92 Å². The first-order valence-corrected chi connectivity index (χ1v) is 7.25. The van der Waals surface area contributed by atoms with Gasteiger partial charge >= 0.3 is 0 Å². The highest BCUT2D eigenvalue weighted by molar-refractivity contribution is 6.07. The number of methoxy groups -OCH3 is 1. The van der Waals surface area contributed by atoms with Crippen molar-refractivity contribution >= 4 is 17.3 Å². The third kappa shape index (κ3) is 2.90. The Morgan fingerprint density at radius 2 is 2.22 bits per heavy atom. The van der Waals surface area contributed by atoms with Crippen molar-refractivity contribution in [2.45, 2.75) is 19.4 Å². The molecular weight excluding hydrogens is 296 g/mol. The summed E-state index contributed by atoms with van der Waals surface area (Å²) in [5.41, 5.74) is 3.09. The minimum absolute atomic E-state index is 0.241. The maximum absolute atomic E-state index is 12.3. The van der Waals surface area contributed by atoms with Crippen LogP contribution in [0.1, 0.15) is 17.7 Å². The number of hydrogen-bond acceptors (Lipinski definition) is 5. The number of carbonyl (C=O) groups is 1. The summed E-state index contributed by atoms with van der Waals surface area (Å²) in [7, 11) is 3.42. The summed E-state index contributed by atoms with van der Waals surface area (Å²) < 4.78 is 7.02. The number of aromatic nitrogens is 2. The van der Waals surface area contributed by atoms with E-state index in [-0.39, 0.29) is 5.91 Å². The van der Waals surface area contributed by atoms with E-state index in [1.807, 2.05) is 38.2 Å². The summed E-state index contributed by atoms with van der Waals surface area (Å²) in [6, 6.07) is 7.53. The van der Waals surface area contributed by atoms with Crippen LogP contribution in [0.15, 0.2) is 35.6 Å². The molecule has 1 aliphatic rings. The van der Waals surface area contributed by atoms with Gasteiger partial charge in [-0.2, -0.15) is 5.10 Å². The first-order valence-electron chi connectivity index (χ1n) is 7.25. The predicted molar refractivity (Wildman–Crippen MR) is 85.6 cm³/mol. The van der Waals surface area contributed by atoms with E-state index in [1.165, 1.54) is 0 Å². The molecule has 120 valence electrons. The molecule has 0 radical (unpaired) electrons. The summed E-state index contributed by atoms with van der Waals surface area (Å²) >= 11 is 0. The zero-order valence-corrected chi connectivity index (χ0v) is 13.2. The van der Waals surface area contributed by atoms with Gasteiger partial charge in [-0.05, 0) is 19.1 Å². The van der Waals surface area contributed by atoms with E-state index >= 15 is 0 Å². The fraction of sp³-hybridized carbons (Fsp3) is 0.312. The molecule has 0 unspecified atom stereocenters. The van der Waals surface area contributed by atoms with Crippen molar-refractivity contribution in [2.24, 2.45) is 12.2 Å². The number of ether oxygens (including phenoxy) is 1. The van der Waals surface area contributed by atoms with Crippen molar-refractivity contribution < 1.29 is 14.4 Å². The molecule has 2 aromatic rings. The predicted octanol–water partition coefficient (Wildman–Crippen LogP) is 1.87. The highest BCUT2D eigenvalue weighted by atomic mass is 16.6. The summed E-state index contributed by atoms with van der Waals surface area (Å²) in [5, 5.41) is 11.0. The first kappa shape index (κ1) is 15.1. The Balaban J connectivity index is 1.69. The van der Waals surface area contributed by atoms with Gasteiger partial charge in [0.05, 0.1) is 30.4 Å². The van der Waals surface area contributed by atoms with Gasteiger partial charge in [0.25, 0.3) is 5.91 Å². The number of amides is 1. The van der Waals surface area contributed by atoms with Crippen molar-refractivity contribution in [3.05, 3.63) is 41.7 Å². The largest absolute Gasteiger partial charge is 0.496 e. The van der Waals surface area contributed by atoms with Gasteiger partial charge in [-0.15, -0.1) is 0 Å². The topological polar surface area (TPSA) is 77.7 Å². The molecule has 3 rings (SSSR count). The Morgan fingerprint density at radius 1 is 1.43 bits per heavy atom. The maximum atomic E-state index is 12.3. The van der Waals surface area contributed by atoms with Gasteiger partial charge in [0.15, 0.2) is 0 Å². The van der Waals surface area contributed by atoms with Gasteiger partial charge in [-0.3, -0.25) is 9.48 Å². The van der Waals surface area contributed by atoms with Crippen molar-refractivity contribution in [1.82, 2.24) is 9.78 Å². The second-order valence-electron chi connectivity index (χ2n) is 5.29. The number of para-hydroxylation sites is 1. The SMILES string of the molecule is COc1ccccc1C1=NO[C@H](C(=O)Nc2cnn(C)c2C)C1. The molecule has 7 nitrogen and oxygen atoms in total. The van der Waals surface area contributed by atoms with Gasteiger partial charge < -0.3 is 14.9 Å². The lowest BCUT2D eigenvalue weighted by Crippen LogP contribution is -2.28. The van der Waals surface area contributed by atoms with E-state index in [2.05, 4.69) is 15.6 Å². The molecule has 0 aliphatic carbocycles. The Kier molecular flexibility index (Phi) is 4.01. The van der Waals surface area contributed by atoms with Crippen LogP contribution >= 0.6 is 0 Å². The molecule has 1 atom stereocenters. The molecular formula is C16H18N4O3. The van der Waals surface area contributed by atoms with Gasteiger partial charge in [0.2, 0.25) is 6.10 Å². The second kappa shape index (κ2) is 6.12. The Hall–Kier alpha value is -2.83. The summed E-state index contributed by atoms with van der Waals surface area (Å²) in [6.45, 7) is 1.88. The molecule has 0 bridgehead atoms. The third-order valence-electron chi connectivity index (χ3n) is 3.87. The number of anilines is 1. The van der Waals surface area contributed by atoms with E-state index in [9.17, 15) is 4.79 Å². The number of oxime groups is 1. The first-order chi connectivity index (χ1) is 11.1. The van der Waals surface area contributed by atoms with Gasteiger partial charge in [-0.1, -0.05) is 17.3 Å². The minimum Gasteiger partial charge on any atom is -0.496 e. The van der Waals surface area contributed by atoms with Crippen LogP contribution in [0.3, 0.4) is 0 Å². The fourth-order valence-electron chi connectivity index (χ4n) is 2.39. The van der Waals surface area contributed by atoms with Crippen LogP contribution in [0.25, 0.3) is 0 Å². The van der Waals surface area contributed by atoms with Crippen molar-refractivity contribution in [2.75, 3.05) is 12.4 Å². The number of rotatable bonds is 4. The van der Waals surface area contributed by atoms with Crippen LogP contribution in [0.4, 0.5) is 5.69 Å². The average molecular weight is 314 g/mol. The van der Waals surface area contributed by atoms with Crippen LogP contribution in [0.2, 0.25) is 0 Å². The van der Waals surface area contributed by atoms with E-state index in [0.29, 0.717) is 23.6 Å². The molecule has 0 fully saturated rings. The Labute approximate surface area is 133 Å². The van der Waals surface area contributed by atoms with E-state index in [4.69, 9.17) is 9.57 Å². The minimum atomic E-state index is -0.658. The fourth-order valence-corrected chi connectivity index (χ4v) is 2.39. The third-order valence-corrected chi connectivity index (χ3v) is 3.87. The van der Waals surface area contributed by atoms with E-state index in [0.717, 1.165) is 11.3 Å². The molecule has 7 heteroatoms. The highest BCUT2D eigenvalue weighted by Gasteiger charge is 2.30. The lowest BCUT2D eigenvalue weighted by molar-refractivity contribution is -0.125. The molecule has 1 N–H and O–H groups in total. The normalized spacial score (nSPS) is 16.7. The van der Waals surface area contributed by atoms with Crippen molar-refractivity contribution in [3.63, 3.8) is 0 Å². The number of hydrogen-bond donors (Lipinski definition) is 1. The van der Waals surface area contributed by atoms with Crippen molar-refractivity contribution in [3.8, 4) is 5.75 Å². The molecule has 0 spiro atoms. The van der Waals surface area contributed by atoms with Crippen LogP contribution in [0.5, 0.6) is 5.75 Å². The lowest BCUT2D eigenvalue weighted by Gasteiger charge is -2.09. The lowest BCUT2D eigenvalue weighted by atomic mass is 10.0. The van der Waals surface area contributed by atoms with Crippen molar-refractivity contribution in [1.29, 1.82) is 0 Å². The molecule has 1 aromatic heterocycles. The maximum Gasteiger partial charge on any atom is 0.268 e. The van der Waals surface area contributed by atoms with E-state index in [1.54, 1.807) is 18.0 Å². The zero-order chi connectivity index (χ0) is 16.4. The zero-order valence-electron chi connectivity index (χ0n) is 13.2. The van der Waals surface area contributed by atoms with E-state index < -0.39 is 6.10 Å². The molecule has 1 amide bonds. The smallest absolute Gasteiger partial charge is 0.268 e. The quantitative estimate of drug-likeness (QED) is 0.934. The number of benzene rings is 1. The van der Waals surface area contributed by atoms with Crippen LogP contribution in [-0.2, 0) is 16.7 Å². The molecule has 1 aromatic carbocycles. The summed E-state index contributed by atoms with van der Waals surface area (Å²) in [5.74, 6) is 0.466. The molecule has 1 aliphatic heterocycles. The van der Waals surface area contributed by atoms with Gasteiger partial charge in [0, 0.05) is 19.0 Å². The number of nitrogens with one attached hydrogen (secondary N) is 1. The number of aryl methyl sites for hydroxylation is 1. The standard InChI is InChI=1S/C16H18N4O3/c1-10-13(9-17-20(10)2)18-16(21)15-8-12(19-23-15)11-6-4-5-7-14(11)22-3/h4-7,9,15H,8H2,1-3H3,(H,18,21)/t15-/m0/s1. The molecule has 23 heavy (non-hydrogen) atoms. The monoisotopic (exact) mass is 314 g/mol. The van der Waals surface area contributed by atoms with Crippen LogP contribution < -0.4 is 10.1 Å². The Morgan fingerprint density at radius 3 is 2.91 bits per heavy atom.